The molecule has 23 heavy (non-hydrogen) atoms. The average molecular weight is 342 g/mol. The number of nitrogens with zero attached hydrogens (tertiary/aromatic N) is 3. The summed E-state index contributed by atoms with van der Waals surface area (Å²) in [5.74, 6) is -0.374. The SMILES string of the molecule is CC(C)NC(=O)[C@@H]1CCCN(S(=O)(=O)c2cn(C(C)C)cn2)C1. The number of hydrogen-bond acceptors (Lipinski definition) is 4. The van der Waals surface area contributed by atoms with Crippen LogP contribution in [0, 0.1) is 5.92 Å². The third-order valence-corrected chi connectivity index (χ3v) is 5.72. The molecule has 0 aromatic carbocycles. The van der Waals surface area contributed by atoms with E-state index in [0.29, 0.717) is 19.4 Å². The van der Waals surface area contributed by atoms with Crippen LogP contribution < -0.4 is 5.32 Å². The second-order valence-electron chi connectivity index (χ2n) is 6.62. The first-order chi connectivity index (χ1) is 10.7. The van der Waals surface area contributed by atoms with Gasteiger partial charge >= 0.3 is 0 Å². The van der Waals surface area contributed by atoms with Crippen molar-refractivity contribution < 1.29 is 13.2 Å². The molecule has 0 spiro atoms. The molecule has 0 radical (unpaired) electrons. The van der Waals surface area contributed by atoms with E-state index in [2.05, 4.69) is 10.3 Å². The fraction of sp³-hybridized carbons (Fsp3) is 0.733. The van der Waals surface area contributed by atoms with Crippen molar-refractivity contribution in [3.8, 4) is 0 Å². The van der Waals surface area contributed by atoms with Gasteiger partial charge in [-0.25, -0.2) is 13.4 Å². The second-order valence-corrected chi connectivity index (χ2v) is 8.50. The predicted octanol–water partition coefficient (Wildman–Crippen LogP) is 1.39. The third-order valence-electron chi connectivity index (χ3n) is 3.96. The summed E-state index contributed by atoms with van der Waals surface area (Å²) in [7, 11) is -3.65. The van der Waals surface area contributed by atoms with Crippen LogP contribution in [0.25, 0.3) is 0 Å². The van der Waals surface area contributed by atoms with Crippen molar-refractivity contribution in [2.45, 2.75) is 57.6 Å². The van der Waals surface area contributed by atoms with Gasteiger partial charge < -0.3 is 9.88 Å². The van der Waals surface area contributed by atoms with E-state index in [9.17, 15) is 13.2 Å². The lowest BCUT2D eigenvalue weighted by Crippen LogP contribution is -2.46. The number of sulfonamides is 1. The summed E-state index contributed by atoms with van der Waals surface area (Å²) in [5.41, 5.74) is 0. The van der Waals surface area contributed by atoms with Crippen LogP contribution in [-0.2, 0) is 14.8 Å². The minimum absolute atomic E-state index is 0.0520. The Labute approximate surface area is 138 Å². The smallest absolute Gasteiger partial charge is 0.262 e. The van der Waals surface area contributed by atoms with Gasteiger partial charge in [0.15, 0.2) is 5.03 Å². The summed E-state index contributed by atoms with van der Waals surface area (Å²) in [6, 6.07) is 0.202. The molecule has 130 valence electrons. The molecule has 1 aliphatic heterocycles. The summed E-state index contributed by atoms with van der Waals surface area (Å²) in [5, 5.41) is 2.92. The molecule has 1 aromatic rings. The van der Waals surface area contributed by atoms with E-state index >= 15 is 0 Å². The van der Waals surface area contributed by atoms with Crippen molar-refractivity contribution in [3.05, 3.63) is 12.5 Å². The molecule has 7 nitrogen and oxygen atoms in total. The van der Waals surface area contributed by atoms with Crippen molar-refractivity contribution in [3.63, 3.8) is 0 Å². The van der Waals surface area contributed by atoms with Gasteiger partial charge in [0.25, 0.3) is 10.0 Å². The minimum Gasteiger partial charge on any atom is -0.354 e. The number of rotatable bonds is 5. The number of imidazole rings is 1. The van der Waals surface area contributed by atoms with E-state index < -0.39 is 10.0 Å². The lowest BCUT2D eigenvalue weighted by molar-refractivity contribution is -0.126. The zero-order valence-corrected chi connectivity index (χ0v) is 15.0. The van der Waals surface area contributed by atoms with Crippen LogP contribution in [0.15, 0.2) is 17.6 Å². The standard InChI is InChI=1S/C15H26N4O3S/c1-11(2)17-15(20)13-6-5-7-19(8-13)23(21,22)14-9-18(10-16-14)12(3)4/h9-13H,5-8H2,1-4H3,(H,17,20)/t13-/m1/s1. The summed E-state index contributed by atoms with van der Waals surface area (Å²) >= 11 is 0. The Balaban J connectivity index is 2.14. The molecular weight excluding hydrogens is 316 g/mol. The first-order valence-electron chi connectivity index (χ1n) is 8.05. The van der Waals surface area contributed by atoms with E-state index in [4.69, 9.17) is 0 Å². The Morgan fingerprint density at radius 1 is 1.35 bits per heavy atom. The highest BCUT2D eigenvalue weighted by atomic mass is 32.2. The van der Waals surface area contributed by atoms with Gasteiger partial charge in [-0.1, -0.05) is 0 Å². The molecule has 1 fully saturated rings. The highest BCUT2D eigenvalue weighted by Gasteiger charge is 2.34. The molecule has 1 aliphatic rings. The zero-order valence-electron chi connectivity index (χ0n) is 14.2. The molecule has 2 rings (SSSR count). The monoisotopic (exact) mass is 342 g/mol. The molecule has 1 aromatic heterocycles. The highest BCUT2D eigenvalue weighted by Crippen LogP contribution is 2.23. The van der Waals surface area contributed by atoms with Crippen LogP contribution in [0.2, 0.25) is 0 Å². The van der Waals surface area contributed by atoms with Gasteiger partial charge in [-0.05, 0) is 40.5 Å². The predicted molar refractivity (Wildman–Crippen MR) is 87.4 cm³/mol. The fourth-order valence-corrected chi connectivity index (χ4v) is 4.09. The van der Waals surface area contributed by atoms with Crippen LogP contribution >= 0.6 is 0 Å². The molecule has 0 unspecified atom stereocenters. The van der Waals surface area contributed by atoms with Crippen LogP contribution in [0.5, 0.6) is 0 Å². The first kappa shape index (κ1) is 17.9. The van der Waals surface area contributed by atoms with E-state index in [1.165, 1.54) is 10.6 Å². The van der Waals surface area contributed by atoms with Gasteiger partial charge in [0.05, 0.1) is 12.2 Å². The zero-order chi connectivity index (χ0) is 17.2. The number of nitrogens with one attached hydrogen (secondary N) is 1. The molecule has 0 saturated carbocycles. The maximum atomic E-state index is 12.7. The average Bonchev–Trinajstić information content (AvgIpc) is 2.97. The number of aromatic nitrogens is 2. The summed E-state index contributed by atoms with van der Waals surface area (Å²) in [4.78, 5) is 16.2. The van der Waals surface area contributed by atoms with Crippen LogP contribution in [-0.4, -0.2) is 47.3 Å². The topological polar surface area (TPSA) is 84.3 Å². The summed E-state index contributed by atoms with van der Waals surface area (Å²) < 4.78 is 28.6. The lowest BCUT2D eigenvalue weighted by atomic mass is 9.98. The molecule has 2 heterocycles. The Morgan fingerprint density at radius 2 is 2.04 bits per heavy atom. The van der Waals surface area contributed by atoms with Gasteiger partial charge in [0.1, 0.15) is 0 Å². The quantitative estimate of drug-likeness (QED) is 0.876. The summed E-state index contributed by atoms with van der Waals surface area (Å²) in [6.07, 6.45) is 4.48. The van der Waals surface area contributed by atoms with Crippen molar-refractivity contribution in [2.75, 3.05) is 13.1 Å². The molecule has 1 saturated heterocycles. The van der Waals surface area contributed by atoms with E-state index in [-0.39, 0.29) is 35.5 Å². The van der Waals surface area contributed by atoms with Gasteiger partial charge in [-0.3, -0.25) is 4.79 Å². The second kappa shape index (κ2) is 7.00. The maximum Gasteiger partial charge on any atom is 0.262 e. The summed E-state index contributed by atoms with van der Waals surface area (Å²) in [6.45, 7) is 8.37. The fourth-order valence-electron chi connectivity index (χ4n) is 2.64. The largest absolute Gasteiger partial charge is 0.354 e. The molecule has 1 atom stereocenters. The number of carbonyl (C=O) groups excluding carboxylic acids is 1. The van der Waals surface area contributed by atoms with Crippen molar-refractivity contribution in [1.29, 1.82) is 0 Å². The maximum absolute atomic E-state index is 12.7. The Hall–Kier alpha value is -1.41. The van der Waals surface area contributed by atoms with Crippen LogP contribution in [0.4, 0.5) is 0 Å². The van der Waals surface area contributed by atoms with Gasteiger partial charge in [-0.15, -0.1) is 0 Å². The van der Waals surface area contributed by atoms with Gasteiger partial charge in [0.2, 0.25) is 5.91 Å². The Bertz CT molecular complexity index is 651. The third kappa shape index (κ3) is 4.11. The normalized spacial score (nSPS) is 20.2. The first-order valence-corrected chi connectivity index (χ1v) is 9.50. The van der Waals surface area contributed by atoms with E-state index in [1.54, 1.807) is 10.8 Å². The number of amides is 1. The molecule has 1 amide bonds. The minimum atomic E-state index is -3.65. The van der Waals surface area contributed by atoms with E-state index in [0.717, 1.165) is 0 Å². The Morgan fingerprint density at radius 3 is 2.61 bits per heavy atom. The molecule has 0 bridgehead atoms. The van der Waals surface area contributed by atoms with Crippen LogP contribution in [0.1, 0.15) is 46.6 Å². The van der Waals surface area contributed by atoms with Crippen molar-refractivity contribution in [1.82, 2.24) is 19.2 Å². The van der Waals surface area contributed by atoms with Gasteiger partial charge in [-0.2, -0.15) is 4.31 Å². The van der Waals surface area contributed by atoms with Crippen molar-refractivity contribution >= 4 is 15.9 Å². The van der Waals surface area contributed by atoms with Gasteiger partial charge in [0, 0.05) is 31.4 Å². The highest BCUT2D eigenvalue weighted by molar-refractivity contribution is 7.89. The van der Waals surface area contributed by atoms with E-state index in [1.807, 2.05) is 27.7 Å². The number of carbonyl (C=O) groups is 1. The Kier molecular flexibility index (Phi) is 5.46. The number of hydrogen-bond donors (Lipinski definition) is 1. The van der Waals surface area contributed by atoms with Crippen molar-refractivity contribution in [2.24, 2.45) is 5.92 Å². The molecule has 8 heteroatoms. The lowest BCUT2D eigenvalue weighted by Gasteiger charge is -2.31. The molecular formula is C15H26N4O3S. The molecule has 1 N–H and O–H groups in total. The van der Waals surface area contributed by atoms with Crippen LogP contribution in [0.3, 0.4) is 0 Å². The molecule has 0 aliphatic carbocycles. The number of piperidine rings is 1.